The number of rotatable bonds is 5. The van der Waals surface area contributed by atoms with Gasteiger partial charge in [-0.05, 0) is 18.6 Å². The van der Waals surface area contributed by atoms with Crippen LogP contribution in [0.1, 0.15) is 13.3 Å². The number of hydrogen-bond donors (Lipinski definition) is 1. The molecule has 7 heteroatoms. The van der Waals surface area contributed by atoms with Gasteiger partial charge in [0, 0.05) is 35.4 Å². The average Bonchev–Trinajstić information content (AvgIpc) is 3.26. The second-order valence-corrected chi connectivity index (χ2v) is 6.08. The van der Waals surface area contributed by atoms with Gasteiger partial charge in [0.05, 0.1) is 11.9 Å². The van der Waals surface area contributed by atoms with E-state index in [-0.39, 0.29) is 6.79 Å². The van der Waals surface area contributed by atoms with Gasteiger partial charge in [0.25, 0.3) is 0 Å². The highest BCUT2D eigenvalue weighted by molar-refractivity contribution is 7.14. The van der Waals surface area contributed by atoms with Crippen LogP contribution in [-0.4, -0.2) is 21.6 Å². The van der Waals surface area contributed by atoms with E-state index in [0.717, 1.165) is 46.5 Å². The number of fused-ring (bicyclic) bond motifs is 1. The molecule has 1 aromatic carbocycles. The summed E-state index contributed by atoms with van der Waals surface area (Å²) in [6, 6.07) is 5.77. The van der Waals surface area contributed by atoms with Crippen molar-refractivity contribution in [1.82, 2.24) is 14.8 Å². The minimum Gasteiger partial charge on any atom is -0.454 e. The molecule has 3 heterocycles. The third-order valence-corrected chi connectivity index (χ3v) is 4.27. The van der Waals surface area contributed by atoms with Crippen LogP contribution in [0.4, 0.5) is 10.8 Å². The number of aryl methyl sites for hydroxylation is 1. The lowest BCUT2D eigenvalue weighted by Crippen LogP contribution is -1.95. The molecule has 1 aliphatic heterocycles. The second-order valence-electron chi connectivity index (χ2n) is 5.22. The van der Waals surface area contributed by atoms with E-state index < -0.39 is 0 Å². The number of benzene rings is 1. The first kappa shape index (κ1) is 14.1. The summed E-state index contributed by atoms with van der Waals surface area (Å²) in [4.78, 5) is 4.62. The summed E-state index contributed by atoms with van der Waals surface area (Å²) >= 11 is 1.56. The van der Waals surface area contributed by atoms with Crippen LogP contribution in [-0.2, 0) is 6.54 Å². The zero-order valence-electron chi connectivity index (χ0n) is 12.7. The second kappa shape index (κ2) is 5.92. The molecule has 1 aliphatic rings. The molecule has 4 rings (SSSR count). The van der Waals surface area contributed by atoms with Crippen LogP contribution in [0.5, 0.6) is 11.5 Å². The van der Waals surface area contributed by atoms with E-state index in [1.165, 1.54) is 0 Å². The standard InChI is InChI=1S/C16H16N4O2S/c1-2-5-20-8-11(7-17-20)13-9-23-16(19-13)18-12-3-4-14-15(6-12)22-10-21-14/h3-4,6-9H,2,5,10H2,1H3,(H,18,19). The van der Waals surface area contributed by atoms with Crippen LogP contribution in [0.15, 0.2) is 36.0 Å². The maximum absolute atomic E-state index is 5.39. The Kier molecular flexibility index (Phi) is 3.63. The van der Waals surface area contributed by atoms with Gasteiger partial charge in [-0.1, -0.05) is 6.92 Å². The number of thiazole rings is 1. The molecule has 0 saturated heterocycles. The molecule has 0 atom stereocenters. The topological polar surface area (TPSA) is 61.2 Å². The molecule has 0 saturated carbocycles. The Bertz CT molecular complexity index is 827. The fraction of sp³-hybridized carbons (Fsp3) is 0.250. The summed E-state index contributed by atoms with van der Waals surface area (Å²) in [7, 11) is 0. The monoisotopic (exact) mass is 328 g/mol. The Hall–Kier alpha value is -2.54. The molecule has 0 amide bonds. The molecule has 0 bridgehead atoms. The van der Waals surface area contributed by atoms with Crippen LogP contribution >= 0.6 is 11.3 Å². The largest absolute Gasteiger partial charge is 0.454 e. The Morgan fingerprint density at radius 1 is 1.30 bits per heavy atom. The van der Waals surface area contributed by atoms with E-state index in [2.05, 4.69) is 22.3 Å². The predicted molar refractivity (Wildman–Crippen MR) is 89.5 cm³/mol. The van der Waals surface area contributed by atoms with Crippen molar-refractivity contribution in [2.24, 2.45) is 0 Å². The predicted octanol–water partition coefficient (Wildman–Crippen LogP) is 3.89. The SMILES string of the molecule is CCCn1cc(-c2csc(Nc3ccc4c(c3)OCO4)n2)cn1. The van der Waals surface area contributed by atoms with Crippen molar-refractivity contribution in [2.45, 2.75) is 19.9 Å². The first-order valence-electron chi connectivity index (χ1n) is 7.47. The molecule has 23 heavy (non-hydrogen) atoms. The number of ether oxygens (including phenoxy) is 2. The van der Waals surface area contributed by atoms with Gasteiger partial charge in [-0.15, -0.1) is 11.3 Å². The quantitative estimate of drug-likeness (QED) is 0.770. The zero-order chi connectivity index (χ0) is 15.6. The van der Waals surface area contributed by atoms with Gasteiger partial charge in [0.1, 0.15) is 0 Å². The van der Waals surface area contributed by atoms with Gasteiger partial charge in [-0.2, -0.15) is 5.10 Å². The molecule has 6 nitrogen and oxygen atoms in total. The lowest BCUT2D eigenvalue weighted by molar-refractivity contribution is 0.174. The summed E-state index contributed by atoms with van der Waals surface area (Å²) in [5.74, 6) is 1.53. The Labute approximate surface area is 137 Å². The highest BCUT2D eigenvalue weighted by Gasteiger charge is 2.14. The minimum absolute atomic E-state index is 0.280. The molecule has 118 valence electrons. The maximum Gasteiger partial charge on any atom is 0.231 e. The number of hydrogen-bond acceptors (Lipinski definition) is 6. The molecule has 0 aliphatic carbocycles. The van der Waals surface area contributed by atoms with Crippen LogP contribution in [0.3, 0.4) is 0 Å². The Morgan fingerprint density at radius 2 is 2.22 bits per heavy atom. The van der Waals surface area contributed by atoms with E-state index >= 15 is 0 Å². The summed E-state index contributed by atoms with van der Waals surface area (Å²) in [6.45, 7) is 3.34. The molecule has 0 fully saturated rings. The smallest absolute Gasteiger partial charge is 0.231 e. The van der Waals surface area contributed by atoms with Crippen molar-refractivity contribution in [2.75, 3.05) is 12.1 Å². The van der Waals surface area contributed by atoms with Crippen LogP contribution in [0, 0.1) is 0 Å². The lowest BCUT2D eigenvalue weighted by Gasteiger charge is -2.03. The van der Waals surface area contributed by atoms with Gasteiger partial charge in [-0.3, -0.25) is 4.68 Å². The van der Waals surface area contributed by atoms with E-state index in [9.17, 15) is 0 Å². The van der Waals surface area contributed by atoms with Gasteiger partial charge in [0.15, 0.2) is 16.6 Å². The Morgan fingerprint density at radius 3 is 3.13 bits per heavy atom. The molecule has 1 N–H and O–H groups in total. The minimum atomic E-state index is 0.280. The molecule has 2 aromatic heterocycles. The van der Waals surface area contributed by atoms with Crippen molar-refractivity contribution in [3.05, 3.63) is 36.0 Å². The highest BCUT2D eigenvalue weighted by atomic mass is 32.1. The van der Waals surface area contributed by atoms with Crippen molar-refractivity contribution in [3.8, 4) is 22.8 Å². The fourth-order valence-corrected chi connectivity index (χ4v) is 3.15. The van der Waals surface area contributed by atoms with E-state index in [4.69, 9.17) is 9.47 Å². The normalized spacial score (nSPS) is 12.6. The maximum atomic E-state index is 5.39. The van der Waals surface area contributed by atoms with Gasteiger partial charge in [-0.25, -0.2) is 4.98 Å². The Balaban J connectivity index is 1.51. The summed E-state index contributed by atoms with van der Waals surface area (Å²) in [6.07, 6.45) is 4.95. The number of anilines is 2. The van der Waals surface area contributed by atoms with Crippen molar-refractivity contribution < 1.29 is 9.47 Å². The third kappa shape index (κ3) is 2.87. The van der Waals surface area contributed by atoms with E-state index in [1.807, 2.05) is 40.7 Å². The number of nitrogens with one attached hydrogen (secondary N) is 1. The zero-order valence-corrected chi connectivity index (χ0v) is 13.5. The molecular formula is C16H16N4O2S. The van der Waals surface area contributed by atoms with Crippen molar-refractivity contribution in [1.29, 1.82) is 0 Å². The van der Waals surface area contributed by atoms with Crippen LogP contribution in [0.25, 0.3) is 11.3 Å². The summed E-state index contributed by atoms with van der Waals surface area (Å²) in [5, 5.41) is 10.5. The molecule has 0 unspecified atom stereocenters. The first-order valence-corrected chi connectivity index (χ1v) is 8.35. The lowest BCUT2D eigenvalue weighted by atomic mass is 10.3. The van der Waals surface area contributed by atoms with Crippen LogP contribution < -0.4 is 14.8 Å². The van der Waals surface area contributed by atoms with Crippen molar-refractivity contribution in [3.63, 3.8) is 0 Å². The molecular weight excluding hydrogens is 312 g/mol. The molecule has 0 spiro atoms. The number of aromatic nitrogens is 3. The average molecular weight is 328 g/mol. The van der Waals surface area contributed by atoms with Gasteiger partial charge in [0.2, 0.25) is 6.79 Å². The third-order valence-electron chi connectivity index (χ3n) is 3.51. The first-order chi connectivity index (χ1) is 11.3. The molecule has 3 aromatic rings. The fourth-order valence-electron chi connectivity index (χ4n) is 2.41. The summed E-state index contributed by atoms with van der Waals surface area (Å²) < 4.78 is 12.6. The molecule has 0 radical (unpaired) electrons. The highest BCUT2D eigenvalue weighted by Crippen LogP contribution is 2.35. The van der Waals surface area contributed by atoms with Crippen molar-refractivity contribution >= 4 is 22.2 Å². The van der Waals surface area contributed by atoms with E-state index in [0.29, 0.717) is 0 Å². The van der Waals surface area contributed by atoms with E-state index in [1.54, 1.807) is 11.3 Å². The number of nitrogens with zero attached hydrogens (tertiary/aromatic N) is 3. The van der Waals surface area contributed by atoms with Gasteiger partial charge < -0.3 is 14.8 Å². The van der Waals surface area contributed by atoms with Gasteiger partial charge >= 0.3 is 0 Å². The van der Waals surface area contributed by atoms with Crippen LogP contribution in [0.2, 0.25) is 0 Å². The summed E-state index contributed by atoms with van der Waals surface area (Å²) in [5.41, 5.74) is 2.89.